The smallest absolute Gasteiger partial charge is 0.253 e. The van der Waals surface area contributed by atoms with Crippen molar-refractivity contribution in [2.75, 3.05) is 0 Å². The molecule has 2 heterocycles. The Morgan fingerprint density at radius 1 is 1.58 bits per heavy atom. The van der Waals surface area contributed by atoms with Crippen LogP contribution in [0.3, 0.4) is 0 Å². The van der Waals surface area contributed by atoms with Crippen LogP contribution in [0.5, 0.6) is 0 Å². The third-order valence-electron chi connectivity index (χ3n) is 1.46. The van der Waals surface area contributed by atoms with Gasteiger partial charge in [0.15, 0.2) is 0 Å². The van der Waals surface area contributed by atoms with Crippen molar-refractivity contribution in [3.8, 4) is 0 Å². The molecule has 0 aliphatic carbocycles. The SMILES string of the molecule is O=[N+]([O-])c1ccc2csnc2[nH+]1. The number of fused-ring (bicyclic) bond motifs is 1. The van der Waals surface area contributed by atoms with Gasteiger partial charge in [-0.1, -0.05) is 0 Å². The van der Waals surface area contributed by atoms with Crippen LogP contribution in [0.4, 0.5) is 5.82 Å². The van der Waals surface area contributed by atoms with Crippen LogP contribution in [-0.2, 0) is 0 Å². The molecule has 6 heteroatoms. The fourth-order valence-corrected chi connectivity index (χ4v) is 1.51. The van der Waals surface area contributed by atoms with Crippen LogP contribution < -0.4 is 4.98 Å². The van der Waals surface area contributed by atoms with E-state index in [0.29, 0.717) is 5.65 Å². The Morgan fingerprint density at radius 3 is 3.17 bits per heavy atom. The van der Waals surface area contributed by atoms with Crippen LogP contribution in [0.2, 0.25) is 0 Å². The summed E-state index contributed by atoms with van der Waals surface area (Å²) in [6, 6.07) is 3.10. The van der Waals surface area contributed by atoms with Gasteiger partial charge in [0.05, 0.1) is 11.5 Å². The number of hydrogen-bond donors (Lipinski definition) is 0. The molecule has 2 aromatic heterocycles. The number of H-pyrrole nitrogens is 1. The lowest BCUT2D eigenvalue weighted by Crippen LogP contribution is -2.10. The number of nitro groups is 1. The fourth-order valence-electron chi connectivity index (χ4n) is 0.896. The summed E-state index contributed by atoms with van der Waals surface area (Å²) in [5.41, 5.74) is 0.564. The van der Waals surface area contributed by atoms with Gasteiger partial charge in [-0.05, 0) is 17.6 Å². The van der Waals surface area contributed by atoms with E-state index in [-0.39, 0.29) is 5.82 Å². The van der Waals surface area contributed by atoms with Gasteiger partial charge in [0.1, 0.15) is 4.92 Å². The number of nitrogens with one attached hydrogen (secondary N) is 1. The molecule has 0 amide bonds. The van der Waals surface area contributed by atoms with Crippen molar-refractivity contribution >= 4 is 28.4 Å². The second kappa shape index (κ2) is 2.49. The van der Waals surface area contributed by atoms with Gasteiger partial charge < -0.3 is 0 Å². The Bertz CT molecular complexity index is 439. The first-order valence-corrected chi connectivity index (χ1v) is 4.02. The van der Waals surface area contributed by atoms with E-state index in [4.69, 9.17) is 0 Å². The summed E-state index contributed by atoms with van der Waals surface area (Å²) in [4.78, 5) is 12.4. The Labute approximate surface area is 71.0 Å². The Balaban J connectivity index is 2.68. The van der Waals surface area contributed by atoms with Crippen LogP contribution in [0.25, 0.3) is 11.0 Å². The second-order valence-electron chi connectivity index (χ2n) is 2.22. The van der Waals surface area contributed by atoms with E-state index in [1.807, 2.05) is 5.38 Å². The number of aromatic nitrogens is 2. The van der Waals surface area contributed by atoms with E-state index in [9.17, 15) is 10.1 Å². The van der Waals surface area contributed by atoms with E-state index in [1.165, 1.54) is 17.6 Å². The van der Waals surface area contributed by atoms with E-state index >= 15 is 0 Å². The Kier molecular flexibility index (Phi) is 1.47. The van der Waals surface area contributed by atoms with Gasteiger partial charge in [0, 0.05) is 5.38 Å². The zero-order valence-corrected chi connectivity index (χ0v) is 6.67. The van der Waals surface area contributed by atoms with Crippen molar-refractivity contribution in [3.63, 3.8) is 0 Å². The molecule has 0 saturated carbocycles. The van der Waals surface area contributed by atoms with Crippen molar-refractivity contribution < 1.29 is 9.91 Å². The molecule has 1 N–H and O–H groups in total. The highest BCUT2D eigenvalue weighted by Crippen LogP contribution is 2.12. The van der Waals surface area contributed by atoms with Gasteiger partial charge in [0.25, 0.3) is 0 Å². The highest BCUT2D eigenvalue weighted by atomic mass is 32.1. The average Bonchev–Trinajstić information content (AvgIpc) is 2.49. The van der Waals surface area contributed by atoms with E-state index in [1.54, 1.807) is 6.07 Å². The predicted molar refractivity (Wildman–Crippen MR) is 42.8 cm³/mol. The molecular weight excluding hydrogens is 178 g/mol. The molecule has 0 aliphatic rings. The topological polar surface area (TPSA) is 70.2 Å². The molecule has 12 heavy (non-hydrogen) atoms. The van der Waals surface area contributed by atoms with Crippen molar-refractivity contribution in [1.29, 1.82) is 0 Å². The number of rotatable bonds is 1. The molecule has 60 valence electrons. The number of pyridine rings is 1. The molecule has 5 nitrogen and oxygen atoms in total. The van der Waals surface area contributed by atoms with E-state index in [0.717, 1.165) is 5.39 Å². The molecule has 0 aliphatic heterocycles. The molecule has 0 atom stereocenters. The highest BCUT2D eigenvalue weighted by molar-refractivity contribution is 7.04. The van der Waals surface area contributed by atoms with Gasteiger partial charge in [-0.2, -0.15) is 0 Å². The molecule has 0 bridgehead atoms. The minimum absolute atomic E-state index is 0.0339. The first-order valence-electron chi connectivity index (χ1n) is 3.18. The molecule has 0 radical (unpaired) electrons. The minimum Gasteiger partial charge on any atom is -0.253 e. The summed E-state index contributed by atoms with van der Waals surface area (Å²) < 4.78 is 3.94. The normalized spacial score (nSPS) is 10.3. The molecule has 0 saturated heterocycles. The summed E-state index contributed by atoms with van der Waals surface area (Å²) in [6.45, 7) is 0. The summed E-state index contributed by atoms with van der Waals surface area (Å²) in [5, 5.41) is 13.0. The largest absolute Gasteiger partial charge is 0.501 e. The van der Waals surface area contributed by atoms with Crippen LogP contribution in [0.15, 0.2) is 17.5 Å². The van der Waals surface area contributed by atoms with Crippen molar-refractivity contribution in [2.45, 2.75) is 0 Å². The maximum atomic E-state index is 10.3. The lowest BCUT2D eigenvalue weighted by molar-refractivity contribution is -0.514. The quantitative estimate of drug-likeness (QED) is 0.488. The second-order valence-corrected chi connectivity index (χ2v) is 2.85. The average molecular weight is 182 g/mol. The zero-order valence-electron chi connectivity index (χ0n) is 5.85. The molecule has 2 rings (SSSR count). The molecule has 0 unspecified atom stereocenters. The van der Waals surface area contributed by atoms with Crippen molar-refractivity contribution in [1.82, 2.24) is 4.37 Å². The van der Waals surface area contributed by atoms with Gasteiger partial charge in [-0.15, -0.1) is 9.36 Å². The standard InChI is InChI=1S/C6H3N3O2S/c10-9(11)5-2-1-4-3-12-8-6(4)7-5/h1-3H/p+1. The summed E-state index contributed by atoms with van der Waals surface area (Å²) >= 11 is 1.27. The lowest BCUT2D eigenvalue weighted by atomic mass is 10.3. The first kappa shape index (κ1) is 7.11. The van der Waals surface area contributed by atoms with Crippen LogP contribution >= 0.6 is 11.5 Å². The number of nitrogens with zero attached hydrogens (tertiary/aromatic N) is 2. The van der Waals surface area contributed by atoms with Gasteiger partial charge in [-0.3, -0.25) is 10.1 Å². The molecule has 0 aromatic carbocycles. The van der Waals surface area contributed by atoms with Crippen LogP contribution in [-0.4, -0.2) is 9.30 Å². The minimum atomic E-state index is -0.473. The maximum absolute atomic E-state index is 10.3. The maximum Gasteiger partial charge on any atom is 0.501 e. The number of hydrogen-bond acceptors (Lipinski definition) is 4. The Morgan fingerprint density at radius 2 is 2.42 bits per heavy atom. The first-order chi connectivity index (χ1) is 5.77. The molecular formula is C6H4N3O2S+. The van der Waals surface area contributed by atoms with Gasteiger partial charge in [0.2, 0.25) is 0 Å². The molecule has 0 spiro atoms. The molecule has 0 fully saturated rings. The highest BCUT2D eigenvalue weighted by Gasteiger charge is 2.16. The summed E-state index contributed by atoms with van der Waals surface area (Å²) in [5.74, 6) is -0.0339. The predicted octanol–water partition coefficient (Wildman–Crippen LogP) is 1.02. The van der Waals surface area contributed by atoms with E-state index in [2.05, 4.69) is 9.36 Å². The third-order valence-corrected chi connectivity index (χ3v) is 2.11. The summed E-state index contributed by atoms with van der Waals surface area (Å²) in [6.07, 6.45) is 0. The van der Waals surface area contributed by atoms with E-state index < -0.39 is 4.92 Å². The fraction of sp³-hybridized carbons (Fsp3) is 0. The van der Waals surface area contributed by atoms with Gasteiger partial charge >= 0.3 is 11.5 Å². The third kappa shape index (κ3) is 1.02. The van der Waals surface area contributed by atoms with Crippen LogP contribution in [0, 0.1) is 10.1 Å². The molecule has 2 aromatic rings. The summed E-state index contributed by atoms with van der Waals surface area (Å²) in [7, 11) is 0. The van der Waals surface area contributed by atoms with Gasteiger partial charge in [-0.25, -0.2) is 0 Å². The zero-order chi connectivity index (χ0) is 8.55. The lowest BCUT2D eigenvalue weighted by Gasteiger charge is -1.81. The number of aromatic amines is 1. The van der Waals surface area contributed by atoms with Crippen molar-refractivity contribution in [2.24, 2.45) is 0 Å². The Hall–Kier alpha value is -1.56. The van der Waals surface area contributed by atoms with Crippen LogP contribution in [0.1, 0.15) is 0 Å². The van der Waals surface area contributed by atoms with Crippen molar-refractivity contribution in [3.05, 3.63) is 27.6 Å². The monoisotopic (exact) mass is 182 g/mol.